The Morgan fingerprint density at radius 2 is 1.53 bits per heavy atom. The number of hydrogen-bond donors (Lipinski definition) is 1. The first-order chi connectivity index (χ1) is 16.2. The second-order valence-electron chi connectivity index (χ2n) is 9.92. The standard InChI is InChI=1S/C29H32N2O3/c1-20(21-8-6-5-7-9-21)31-19-22(18-27(31)32)28(33)30-24-12-16-26(17-13-24)34-25-14-10-23(11-15-25)29(2,3)4/h5-17,20,22H,18-19H2,1-4H3,(H,30,33)/t20-,22-/m0/s1. The van der Waals surface area contributed by atoms with E-state index in [0.29, 0.717) is 18.0 Å². The van der Waals surface area contributed by atoms with Crippen molar-refractivity contribution in [1.29, 1.82) is 0 Å². The molecular formula is C29H32N2O3. The zero-order valence-corrected chi connectivity index (χ0v) is 20.2. The van der Waals surface area contributed by atoms with E-state index in [1.807, 2.05) is 73.7 Å². The third-order valence-corrected chi connectivity index (χ3v) is 6.36. The third-order valence-electron chi connectivity index (χ3n) is 6.36. The molecular weight excluding hydrogens is 424 g/mol. The van der Waals surface area contributed by atoms with E-state index >= 15 is 0 Å². The molecule has 0 bridgehead atoms. The van der Waals surface area contributed by atoms with Crippen LogP contribution < -0.4 is 10.1 Å². The molecule has 0 radical (unpaired) electrons. The largest absolute Gasteiger partial charge is 0.457 e. The smallest absolute Gasteiger partial charge is 0.229 e. The van der Waals surface area contributed by atoms with E-state index in [9.17, 15) is 9.59 Å². The topological polar surface area (TPSA) is 58.6 Å². The number of carbonyl (C=O) groups excluding carboxylic acids is 2. The van der Waals surface area contributed by atoms with Crippen LogP contribution in [-0.2, 0) is 15.0 Å². The Morgan fingerprint density at radius 1 is 0.941 bits per heavy atom. The number of anilines is 1. The summed E-state index contributed by atoms with van der Waals surface area (Å²) >= 11 is 0. The van der Waals surface area contributed by atoms with Gasteiger partial charge < -0.3 is 15.0 Å². The van der Waals surface area contributed by atoms with Crippen molar-refractivity contribution in [2.45, 2.75) is 45.6 Å². The monoisotopic (exact) mass is 456 g/mol. The van der Waals surface area contributed by atoms with Gasteiger partial charge in [-0.05, 0) is 59.9 Å². The number of nitrogens with one attached hydrogen (secondary N) is 1. The van der Waals surface area contributed by atoms with Gasteiger partial charge in [0.1, 0.15) is 11.5 Å². The molecule has 34 heavy (non-hydrogen) atoms. The highest BCUT2D eigenvalue weighted by molar-refractivity contribution is 5.97. The number of amides is 2. The molecule has 1 heterocycles. The highest BCUT2D eigenvalue weighted by Gasteiger charge is 2.37. The molecule has 0 aromatic heterocycles. The Balaban J connectivity index is 1.33. The van der Waals surface area contributed by atoms with Gasteiger partial charge in [0, 0.05) is 18.7 Å². The molecule has 0 unspecified atom stereocenters. The van der Waals surface area contributed by atoms with Crippen molar-refractivity contribution in [1.82, 2.24) is 4.90 Å². The summed E-state index contributed by atoms with van der Waals surface area (Å²) in [4.78, 5) is 27.2. The second kappa shape index (κ2) is 9.72. The molecule has 3 aromatic rings. The van der Waals surface area contributed by atoms with Gasteiger partial charge in [0.25, 0.3) is 0 Å². The van der Waals surface area contributed by atoms with Gasteiger partial charge in [-0.3, -0.25) is 9.59 Å². The van der Waals surface area contributed by atoms with Crippen LogP contribution in [0.4, 0.5) is 5.69 Å². The fourth-order valence-corrected chi connectivity index (χ4v) is 4.20. The summed E-state index contributed by atoms with van der Waals surface area (Å²) in [6.45, 7) is 8.96. The molecule has 5 heteroatoms. The molecule has 176 valence electrons. The van der Waals surface area contributed by atoms with Crippen molar-refractivity contribution >= 4 is 17.5 Å². The Morgan fingerprint density at radius 3 is 2.12 bits per heavy atom. The fraction of sp³-hybridized carbons (Fsp3) is 0.310. The van der Waals surface area contributed by atoms with Gasteiger partial charge in [-0.2, -0.15) is 0 Å². The van der Waals surface area contributed by atoms with E-state index in [1.54, 1.807) is 4.90 Å². The normalized spacial score (nSPS) is 16.9. The molecule has 1 fully saturated rings. The lowest BCUT2D eigenvalue weighted by Crippen LogP contribution is -2.30. The predicted octanol–water partition coefficient (Wildman–Crippen LogP) is 6.32. The number of ether oxygens (including phenoxy) is 1. The van der Waals surface area contributed by atoms with Crippen LogP contribution in [0.15, 0.2) is 78.9 Å². The van der Waals surface area contributed by atoms with E-state index in [1.165, 1.54) is 5.56 Å². The molecule has 3 aromatic carbocycles. The maximum atomic E-state index is 12.8. The number of nitrogens with zero attached hydrogens (tertiary/aromatic N) is 1. The lowest BCUT2D eigenvalue weighted by atomic mass is 9.87. The van der Waals surface area contributed by atoms with Crippen LogP contribution in [0.1, 0.15) is 51.3 Å². The first-order valence-corrected chi connectivity index (χ1v) is 11.7. The van der Waals surface area contributed by atoms with Crippen molar-refractivity contribution < 1.29 is 14.3 Å². The van der Waals surface area contributed by atoms with Gasteiger partial charge in [0.05, 0.1) is 12.0 Å². The maximum absolute atomic E-state index is 12.8. The maximum Gasteiger partial charge on any atom is 0.229 e. The number of likely N-dealkylation sites (tertiary alicyclic amines) is 1. The molecule has 0 aliphatic carbocycles. The number of hydrogen-bond acceptors (Lipinski definition) is 3. The average molecular weight is 457 g/mol. The van der Waals surface area contributed by atoms with Crippen molar-refractivity contribution in [2.24, 2.45) is 5.92 Å². The van der Waals surface area contributed by atoms with Gasteiger partial charge in [0.15, 0.2) is 0 Å². The Kier molecular flexibility index (Phi) is 6.73. The van der Waals surface area contributed by atoms with Crippen LogP contribution in [0, 0.1) is 5.92 Å². The summed E-state index contributed by atoms with van der Waals surface area (Å²) in [6.07, 6.45) is 0.231. The summed E-state index contributed by atoms with van der Waals surface area (Å²) in [7, 11) is 0. The van der Waals surface area contributed by atoms with E-state index in [2.05, 4.69) is 38.2 Å². The lowest BCUT2D eigenvalue weighted by Gasteiger charge is -2.25. The summed E-state index contributed by atoms with van der Waals surface area (Å²) in [5, 5.41) is 2.95. The Hall–Kier alpha value is -3.60. The first kappa shape index (κ1) is 23.6. The Bertz CT molecular complexity index is 1130. The molecule has 0 saturated carbocycles. The lowest BCUT2D eigenvalue weighted by molar-refractivity contribution is -0.129. The molecule has 4 rings (SSSR count). The minimum Gasteiger partial charge on any atom is -0.457 e. The minimum atomic E-state index is -0.365. The van der Waals surface area contributed by atoms with Crippen molar-refractivity contribution in [3.63, 3.8) is 0 Å². The molecule has 2 amide bonds. The van der Waals surface area contributed by atoms with Gasteiger partial charge in [-0.1, -0.05) is 63.2 Å². The van der Waals surface area contributed by atoms with Gasteiger partial charge >= 0.3 is 0 Å². The quantitative estimate of drug-likeness (QED) is 0.472. The zero-order valence-electron chi connectivity index (χ0n) is 20.2. The van der Waals surface area contributed by atoms with Crippen LogP contribution in [0.2, 0.25) is 0 Å². The summed E-state index contributed by atoms with van der Waals surface area (Å²) < 4.78 is 5.94. The third kappa shape index (κ3) is 5.48. The molecule has 1 saturated heterocycles. The molecule has 0 spiro atoms. The van der Waals surface area contributed by atoms with Crippen LogP contribution in [0.25, 0.3) is 0 Å². The predicted molar refractivity (Wildman–Crippen MR) is 135 cm³/mol. The summed E-state index contributed by atoms with van der Waals surface area (Å²) in [6, 6.07) is 25.2. The number of rotatable bonds is 6. The van der Waals surface area contributed by atoms with Gasteiger partial charge in [0.2, 0.25) is 11.8 Å². The van der Waals surface area contributed by atoms with Crippen LogP contribution in [0.3, 0.4) is 0 Å². The second-order valence-corrected chi connectivity index (χ2v) is 9.92. The fourth-order valence-electron chi connectivity index (χ4n) is 4.20. The summed E-state index contributed by atoms with van der Waals surface area (Å²) in [5.74, 6) is 0.971. The zero-order chi connectivity index (χ0) is 24.3. The molecule has 1 aliphatic rings. The molecule has 5 nitrogen and oxygen atoms in total. The van der Waals surface area contributed by atoms with Crippen molar-refractivity contribution in [3.8, 4) is 11.5 Å². The van der Waals surface area contributed by atoms with E-state index < -0.39 is 0 Å². The SMILES string of the molecule is C[C@@H](c1ccccc1)N1C[C@@H](C(=O)Nc2ccc(Oc3ccc(C(C)(C)C)cc3)cc2)CC1=O. The number of carbonyl (C=O) groups is 2. The molecule has 1 N–H and O–H groups in total. The summed E-state index contributed by atoms with van der Waals surface area (Å²) in [5.41, 5.74) is 3.10. The highest BCUT2D eigenvalue weighted by atomic mass is 16.5. The first-order valence-electron chi connectivity index (χ1n) is 11.7. The average Bonchev–Trinajstić information content (AvgIpc) is 3.22. The van der Waals surface area contributed by atoms with E-state index in [0.717, 1.165) is 11.3 Å². The van der Waals surface area contributed by atoms with Crippen LogP contribution in [-0.4, -0.2) is 23.3 Å². The molecule has 2 atom stereocenters. The molecule has 1 aliphatic heterocycles. The number of benzene rings is 3. The van der Waals surface area contributed by atoms with Crippen LogP contribution in [0.5, 0.6) is 11.5 Å². The van der Waals surface area contributed by atoms with Crippen LogP contribution >= 0.6 is 0 Å². The Labute approximate surface area is 201 Å². The van der Waals surface area contributed by atoms with E-state index in [4.69, 9.17) is 4.74 Å². The van der Waals surface area contributed by atoms with Crippen molar-refractivity contribution in [2.75, 3.05) is 11.9 Å². The van der Waals surface area contributed by atoms with Crippen molar-refractivity contribution in [3.05, 3.63) is 90.0 Å². The van der Waals surface area contributed by atoms with Gasteiger partial charge in [-0.15, -0.1) is 0 Å². The minimum absolute atomic E-state index is 0.0118. The highest BCUT2D eigenvalue weighted by Crippen LogP contribution is 2.30. The van der Waals surface area contributed by atoms with E-state index in [-0.39, 0.29) is 35.6 Å². The van der Waals surface area contributed by atoms with Gasteiger partial charge in [-0.25, -0.2) is 0 Å².